The lowest BCUT2D eigenvalue weighted by atomic mass is 9.74. The number of nitrogens with one attached hydrogen (secondary N) is 1. The van der Waals surface area contributed by atoms with Crippen LogP contribution in [0.1, 0.15) is 30.9 Å². The maximum absolute atomic E-state index is 6.22. The lowest BCUT2D eigenvalue weighted by Gasteiger charge is -2.36. The van der Waals surface area contributed by atoms with Gasteiger partial charge in [-0.1, -0.05) is 42.8 Å². The number of halogens is 1. The van der Waals surface area contributed by atoms with E-state index in [0.717, 1.165) is 43.2 Å². The summed E-state index contributed by atoms with van der Waals surface area (Å²) in [5.41, 5.74) is 9.52. The van der Waals surface area contributed by atoms with Crippen molar-refractivity contribution in [1.29, 1.82) is 0 Å². The Bertz CT molecular complexity index is 752. The molecule has 0 unspecified atom stereocenters. The summed E-state index contributed by atoms with van der Waals surface area (Å²) in [5, 5.41) is 3.93. The highest BCUT2D eigenvalue weighted by molar-refractivity contribution is 6.30. The van der Waals surface area contributed by atoms with Gasteiger partial charge in [-0.2, -0.15) is 0 Å². The Kier molecular flexibility index (Phi) is 6.17. The van der Waals surface area contributed by atoms with Gasteiger partial charge in [0.2, 0.25) is 0 Å². The van der Waals surface area contributed by atoms with Crippen molar-refractivity contribution in [3.05, 3.63) is 64.7 Å². The first-order chi connectivity index (χ1) is 12.6. The summed E-state index contributed by atoms with van der Waals surface area (Å²) in [7, 11) is 0. The van der Waals surface area contributed by atoms with Crippen molar-refractivity contribution < 1.29 is 4.74 Å². The van der Waals surface area contributed by atoms with Crippen molar-refractivity contribution in [1.82, 2.24) is 0 Å². The van der Waals surface area contributed by atoms with Gasteiger partial charge in [0.15, 0.2) is 5.96 Å². The van der Waals surface area contributed by atoms with Gasteiger partial charge in [-0.15, -0.1) is 0 Å². The summed E-state index contributed by atoms with van der Waals surface area (Å²) in [4.78, 5) is 4.65. The minimum atomic E-state index is -0.0818. The van der Waals surface area contributed by atoms with Gasteiger partial charge in [-0.3, -0.25) is 4.99 Å². The molecular weight excluding hydrogens is 346 g/mol. The third-order valence-electron chi connectivity index (χ3n) is 5.07. The molecule has 1 saturated heterocycles. The molecule has 26 heavy (non-hydrogen) atoms. The van der Waals surface area contributed by atoms with Gasteiger partial charge >= 0.3 is 0 Å². The Labute approximate surface area is 160 Å². The van der Waals surface area contributed by atoms with E-state index in [1.54, 1.807) is 0 Å². The maximum Gasteiger partial charge on any atom is 0.193 e. The zero-order valence-corrected chi connectivity index (χ0v) is 15.9. The number of rotatable bonds is 5. The number of hydrogen-bond acceptors (Lipinski definition) is 2. The number of aryl methyl sites for hydroxylation is 1. The number of nitrogens with two attached hydrogens (primary N) is 1. The number of ether oxygens (including phenoxy) is 1. The molecule has 3 N–H and O–H groups in total. The summed E-state index contributed by atoms with van der Waals surface area (Å²) in [5.74, 6) is 0.433. The smallest absolute Gasteiger partial charge is 0.193 e. The Balaban J connectivity index is 1.75. The molecule has 138 valence electrons. The van der Waals surface area contributed by atoms with Crippen LogP contribution in [-0.4, -0.2) is 25.7 Å². The van der Waals surface area contributed by atoms with E-state index in [0.29, 0.717) is 12.5 Å². The molecule has 0 saturated carbocycles. The minimum absolute atomic E-state index is 0.0818. The van der Waals surface area contributed by atoms with E-state index in [2.05, 4.69) is 35.4 Å². The van der Waals surface area contributed by atoms with Gasteiger partial charge in [-0.05, 0) is 54.7 Å². The van der Waals surface area contributed by atoms with Crippen LogP contribution >= 0.6 is 11.6 Å². The third-order valence-corrected chi connectivity index (χ3v) is 5.31. The minimum Gasteiger partial charge on any atom is -0.381 e. The average molecular weight is 372 g/mol. The predicted octanol–water partition coefficient (Wildman–Crippen LogP) is 4.38. The Hall–Kier alpha value is -2.04. The van der Waals surface area contributed by atoms with Crippen LogP contribution in [0.4, 0.5) is 5.69 Å². The lowest BCUT2D eigenvalue weighted by molar-refractivity contribution is 0.0531. The van der Waals surface area contributed by atoms with Crippen molar-refractivity contribution in [3.63, 3.8) is 0 Å². The first-order valence-electron chi connectivity index (χ1n) is 9.11. The van der Waals surface area contributed by atoms with Crippen molar-refractivity contribution in [2.75, 3.05) is 25.1 Å². The summed E-state index contributed by atoms with van der Waals surface area (Å²) >= 11 is 6.22. The van der Waals surface area contributed by atoms with Crippen LogP contribution in [-0.2, 0) is 16.6 Å². The molecule has 1 fully saturated rings. The van der Waals surface area contributed by atoms with E-state index < -0.39 is 0 Å². The van der Waals surface area contributed by atoms with Gasteiger partial charge in [0.25, 0.3) is 0 Å². The molecule has 4 nitrogen and oxygen atoms in total. The maximum atomic E-state index is 6.22. The van der Waals surface area contributed by atoms with Gasteiger partial charge in [0.1, 0.15) is 0 Å². The fraction of sp³-hybridized carbons (Fsp3) is 0.381. The van der Waals surface area contributed by atoms with Gasteiger partial charge in [0.05, 0.1) is 6.54 Å². The molecular formula is C21H26ClN3O. The zero-order valence-electron chi connectivity index (χ0n) is 15.2. The molecule has 2 aromatic rings. The molecule has 3 rings (SSSR count). The molecule has 2 aromatic carbocycles. The molecule has 0 spiro atoms. The van der Waals surface area contributed by atoms with Crippen LogP contribution in [0.5, 0.6) is 0 Å². The monoisotopic (exact) mass is 371 g/mol. The van der Waals surface area contributed by atoms with Crippen LogP contribution in [0.15, 0.2) is 53.5 Å². The summed E-state index contributed by atoms with van der Waals surface area (Å²) < 4.78 is 5.57. The van der Waals surface area contributed by atoms with E-state index in [1.165, 1.54) is 11.1 Å². The average Bonchev–Trinajstić information content (AvgIpc) is 2.68. The van der Waals surface area contributed by atoms with E-state index in [4.69, 9.17) is 22.1 Å². The molecule has 0 aromatic heterocycles. The largest absolute Gasteiger partial charge is 0.381 e. The van der Waals surface area contributed by atoms with Crippen LogP contribution in [0.2, 0.25) is 5.02 Å². The topological polar surface area (TPSA) is 59.6 Å². The van der Waals surface area contributed by atoms with Gasteiger partial charge in [-0.25, -0.2) is 0 Å². The second-order valence-corrected chi connectivity index (χ2v) is 7.22. The molecule has 5 heteroatoms. The summed E-state index contributed by atoms with van der Waals surface area (Å²) in [6.45, 7) is 4.21. The van der Waals surface area contributed by atoms with Crippen LogP contribution in [0.25, 0.3) is 0 Å². The highest BCUT2D eigenvalue weighted by Crippen LogP contribution is 2.36. The van der Waals surface area contributed by atoms with Gasteiger partial charge in [0, 0.05) is 29.3 Å². The summed E-state index contributed by atoms with van der Waals surface area (Å²) in [6, 6.07) is 16.3. The second kappa shape index (κ2) is 8.56. The molecule has 0 atom stereocenters. The quantitative estimate of drug-likeness (QED) is 0.605. The first kappa shape index (κ1) is 18.7. The standard InChI is InChI=1S/C21H26ClN3O/c1-2-16-6-8-19(9-7-16)25-20(23)24-15-21(10-12-26-13-11-21)17-4-3-5-18(22)14-17/h3-9,14H,2,10-13,15H2,1H3,(H3,23,24,25). The second-order valence-electron chi connectivity index (χ2n) is 6.78. The van der Waals surface area contributed by atoms with Crippen molar-refractivity contribution in [2.24, 2.45) is 10.7 Å². The fourth-order valence-electron chi connectivity index (χ4n) is 3.37. The Morgan fingerprint density at radius 3 is 2.58 bits per heavy atom. The SMILES string of the molecule is CCc1ccc(NC(N)=NCC2(c3cccc(Cl)c3)CCOCC2)cc1. The number of hydrogen-bond donors (Lipinski definition) is 2. The third kappa shape index (κ3) is 4.57. The number of benzene rings is 2. The number of aliphatic imine (C=N–C) groups is 1. The number of guanidine groups is 1. The van der Waals surface area contributed by atoms with E-state index in [-0.39, 0.29) is 5.41 Å². The van der Waals surface area contributed by atoms with E-state index in [9.17, 15) is 0 Å². The Morgan fingerprint density at radius 1 is 1.19 bits per heavy atom. The van der Waals surface area contributed by atoms with Crippen LogP contribution in [0, 0.1) is 0 Å². The summed E-state index contributed by atoms with van der Waals surface area (Å²) in [6.07, 6.45) is 2.85. The highest BCUT2D eigenvalue weighted by Gasteiger charge is 2.34. The van der Waals surface area contributed by atoms with E-state index >= 15 is 0 Å². The molecule has 0 bridgehead atoms. The highest BCUT2D eigenvalue weighted by atomic mass is 35.5. The molecule has 0 radical (unpaired) electrons. The molecule has 0 amide bonds. The zero-order chi connectivity index (χ0) is 18.4. The van der Waals surface area contributed by atoms with Crippen LogP contribution < -0.4 is 11.1 Å². The Morgan fingerprint density at radius 2 is 1.92 bits per heavy atom. The van der Waals surface area contributed by atoms with E-state index in [1.807, 2.05) is 30.3 Å². The predicted molar refractivity (Wildman–Crippen MR) is 109 cm³/mol. The fourth-order valence-corrected chi connectivity index (χ4v) is 3.56. The lowest BCUT2D eigenvalue weighted by Crippen LogP contribution is -2.38. The first-order valence-corrected chi connectivity index (χ1v) is 9.49. The molecule has 1 aliphatic heterocycles. The molecule has 1 aliphatic rings. The normalized spacial score (nSPS) is 17.1. The van der Waals surface area contributed by atoms with Crippen molar-refractivity contribution >= 4 is 23.2 Å². The molecule has 0 aliphatic carbocycles. The van der Waals surface area contributed by atoms with Gasteiger partial charge < -0.3 is 15.8 Å². The van der Waals surface area contributed by atoms with Crippen molar-refractivity contribution in [3.8, 4) is 0 Å². The molecule has 1 heterocycles. The van der Waals surface area contributed by atoms with Crippen molar-refractivity contribution in [2.45, 2.75) is 31.6 Å². The van der Waals surface area contributed by atoms with Crippen LogP contribution in [0.3, 0.4) is 0 Å². The number of nitrogens with zero attached hydrogens (tertiary/aromatic N) is 1. The number of anilines is 1.